The lowest BCUT2D eigenvalue weighted by Gasteiger charge is -2.14. The number of aromatic nitrogens is 1. The largest absolute Gasteiger partial charge is 0.490 e. The second-order valence-electron chi connectivity index (χ2n) is 6.25. The fraction of sp³-hybridized carbons (Fsp3) is 0.190. The smallest absolute Gasteiger partial charge is 0.338 e. The van der Waals surface area contributed by atoms with Gasteiger partial charge in [-0.1, -0.05) is 46.6 Å². The summed E-state index contributed by atoms with van der Waals surface area (Å²) < 4.78 is 16.6. The summed E-state index contributed by atoms with van der Waals surface area (Å²) in [4.78, 5) is 10.6. The second kappa shape index (κ2) is 9.65. The van der Waals surface area contributed by atoms with Gasteiger partial charge in [-0.25, -0.2) is 0 Å². The third-order valence-electron chi connectivity index (χ3n) is 4.09. The maximum absolute atomic E-state index is 11.2. The van der Waals surface area contributed by atoms with Gasteiger partial charge in [0.15, 0.2) is 17.2 Å². The first-order chi connectivity index (χ1) is 14.4. The molecule has 0 atom stereocenters. The normalized spacial score (nSPS) is 11.1. The van der Waals surface area contributed by atoms with Gasteiger partial charge >= 0.3 is 5.69 Å². The van der Waals surface area contributed by atoms with Gasteiger partial charge in [0, 0.05) is 5.02 Å². The zero-order chi connectivity index (χ0) is 21.7. The third-order valence-corrected chi connectivity index (χ3v) is 4.63. The summed E-state index contributed by atoms with van der Waals surface area (Å²) in [5, 5.41) is 15.8. The van der Waals surface area contributed by atoms with E-state index in [9.17, 15) is 10.1 Å². The molecule has 30 heavy (non-hydrogen) atoms. The molecule has 0 saturated heterocycles. The first-order valence-electron chi connectivity index (χ1n) is 9.01. The Kier molecular flexibility index (Phi) is 6.97. The number of benzene rings is 2. The molecule has 156 valence electrons. The quantitative estimate of drug-likeness (QED) is 0.294. The molecule has 0 spiro atoms. The van der Waals surface area contributed by atoms with E-state index in [1.165, 1.54) is 13.0 Å². The van der Waals surface area contributed by atoms with Gasteiger partial charge in [-0.15, -0.1) is 0 Å². The predicted molar refractivity (Wildman–Crippen MR) is 115 cm³/mol. The Balaban J connectivity index is 1.85. The fourth-order valence-electron chi connectivity index (χ4n) is 2.71. The van der Waals surface area contributed by atoms with Crippen molar-refractivity contribution in [2.45, 2.75) is 20.5 Å². The van der Waals surface area contributed by atoms with Crippen LogP contribution in [0.4, 0.5) is 5.69 Å². The number of ether oxygens (including phenoxy) is 2. The number of hydrogen-bond donors (Lipinski definition) is 0. The second-order valence-corrected chi connectivity index (χ2v) is 7.09. The fourth-order valence-corrected chi connectivity index (χ4v) is 3.11. The summed E-state index contributed by atoms with van der Waals surface area (Å²) in [5.41, 5.74) is 1.62. The highest BCUT2D eigenvalue weighted by atomic mass is 35.5. The van der Waals surface area contributed by atoms with Gasteiger partial charge in [0.2, 0.25) is 5.76 Å². The minimum absolute atomic E-state index is 0.0506. The van der Waals surface area contributed by atoms with E-state index >= 15 is 0 Å². The van der Waals surface area contributed by atoms with Gasteiger partial charge in [-0.05, 0) is 55.3 Å². The maximum atomic E-state index is 11.2. The zero-order valence-electron chi connectivity index (χ0n) is 16.2. The van der Waals surface area contributed by atoms with Gasteiger partial charge in [0.25, 0.3) is 0 Å². The highest BCUT2D eigenvalue weighted by molar-refractivity contribution is 6.32. The van der Waals surface area contributed by atoms with Crippen LogP contribution in [0.3, 0.4) is 0 Å². The van der Waals surface area contributed by atoms with E-state index < -0.39 is 4.92 Å². The number of nitrogens with zero attached hydrogens (tertiary/aromatic N) is 2. The van der Waals surface area contributed by atoms with Gasteiger partial charge < -0.3 is 14.0 Å². The summed E-state index contributed by atoms with van der Waals surface area (Å²) in [6, 6.07) is 10.7. The van der Waals surface area contributed by atoms with Crippen molar-refractivity contribution in [3.05, 3.63) is 79.1 Å². The van der Waals surface area contributed by atoms with E-state index in [1.807, 2.05) is 19.1 Å². The Morgan fingerprint density at radius 1 is 1.17 bits per heavy atom. The van der Waals surface area contributed by atoms with Crippen molar-refractivity contribution in [3.63, 3.8) is 0 Å². The summed E-state index contributed by atoms with van der Waals surface area (Å²) in [6.07, 6.45) is 3.10. The molecule has 0 aliphatic heterocycles. The molecule has 3 rings (SSSR count). The minimum Gasteiger partial charge on any atom is -0.490 e. The monoisotopic (exact) mass is 448 g/mol. The van der Waals surface area contributed by atoms with Gasteiger partial charge in [-0.3, -0.25) is 10.1 Å². The van der Waals surface area contributed by atoms with Crippen molar-refractivity contribution in [3.8, 4) is 11.5 Å². The summed E-state index contributed by atoms with van der Waals surface area (Å²) in [7, 11) is 0. The van der Waals surface area contributed by atoms with E-state index in [0.717, 1.165) is 5.56 Å². The number of aryl methyl sites for hydroxylation is 1. The topological polar surface area (TPSA) is 87.6 Å². The average Bonchev–Trinajstić information content (AvgIpc) is 3.08. The Morgan fingerprint density at radius 3 is 2.57 bits per heavy atom. The molecular weight excluding hydrogens is 431 g/mol. The van der Waals surface area contributed by atoms with E-state index in [2.05, 4.69) is 5.16 Å². The molecule has 0 aliphatic carbocycles. The van der Waals surface area contributed by atoms with E-state index in [1.54, 1.807) is 30.3 Å². The van der Waals surface area contributed by atoms with E-state index in [4.69, 9.17) is 37.2 Å². The number of nitro groups is 1. The van der Waals surface area contributed by atoms with Crippen molar-refractivity contribution in [2.24, 2.45) is 0 Å². The Hall–Kier alpha value is -3.03. The SMILES string of the molecule is CCOc1cc(/C=C\c2onc(C)c2[N+](=O)[O-])cc(Cl)c1OCc1ccc(Cl)cc1. The molecule has 0 bridgehead atoms. The molecule has 0 fully saturated rings. The van der Waals surface area contributed by atoms with E-state index in [0.29, 0.717) is 33.7 Å². The molecule has 0 N–H and O–H groups in total. The molecule has 0 aliphatic rings. The number of rotatable bonds is 8. The maximum Gasteiger partial charge on any atom is 0.338 e. The molecular formula is C21H18Cl2N2O5. The van der Waals surface area contributed by atoms with Crippen LogP contribution in [0.5, 0.6) is 11.5 Å². The standard InChI is InChI=1S/C21H18Cl2N2O5/c1-3-28-19-11-15(6-9-18-20(25(26)27)13(2)24-30-18)10-17(23)21(19)29-12-14-4-7-16(22)8-5-14/h4-11H,3,12H2,1-2H3/b9-6-. The molecule has 2 aromatic carbocycles. The average molecular weight is 449 g/mol. The first-order valence-corrected chi connectivity index (χ1v) is 9.77. The molecule has 3 aromatic rings. The van der Waals surface area contributed by atoms with Crippen LogP contribution in [-0.2, 0) is 6.61 Å². The van der Waals surface area contributed by atoms with Gasteiger partial charge in [-0.2, -0.15) is 0 Å². The van der Waals surface area contributed by atoms with Crippen LogP contribution in [0.1, 0.15) is 29.5 Å². The lowest BCUT2D eigenvalue weighted by molar-refractivity contribution is -0.386. The van der Waals surface area contributed by atoms with Crippen LogP contribution in [0.15, 0.2) is 40.9 Å². The lowest BCUT2D eigenvalue weighted by atomic mass is 10.1. The molecule has 0 amide bonds. The minimum atomic E-state index is -0.530. The van der Waals surface area contributed by atoms with Crippen molar-refractivity contribution in [1.29, 1.82) is 0 Å². The predicted octanol–water partition coefficient (Wildman–Crippen LogP) is 6.35. The van der Waals surface area contributed by atoms with Gasteiger partial charge in [0.05, 0.1) is 16.6 Å². The van der Waals surface area contributed by atoms with Crippen LogP contribution in [-0.4, -0.2) is 16.7 Å². The third kappa shape index (κ3) is 5.11. The van der Waals surface area contributed by atoms with E-state index in [-0.39, 0.29) is 23.7 Å². The van der Waals surface area contributed by atoms with Crippen molar-refractivity contribution < 1.29 is 18.9 Å². The molecule has 9 heteroatoms. The van der Waals surface area contributed by atoms with Crippen molar-refractivity contribution in [2.75, 3.05) is 6.61 Å². The molecule has 1 heterocycles. The summed E-state index contributed by atoms with van der Waals surface area (Å²) in [6.45, 7) is 4.05. The van der Waals surface area contributed by atoms with Gasteiger partial charge in [0.1, 0.15) is 6.61 Å². The highest BCUT2D eigenvalue weighted by Gasteiger charge is 2.22. The van der Waals surface area contributed by atoms with Crippen molar-refractivity contribution in [1.82, 2.24) is 5.16 Å². The highest BCUT2D eigenvalue weighted by Crippen LogP contribution is 2.38. The zero-order valence-corrected chi connectivity index (χ0v) is 17.7. The van der Waals surface area contributed by atoms with Crippen LogP contribution >= 0.6 is 23.2 Å². The van der Waals surface area contributed by atoms with Crippen molar-refractivity contribution >= 4 is 41.0 Å². The molecule has 0 saturated carbocycles. The number of hydrogen-bond acceptors (Lipinski definition) is 6. The molecule has 7 nitrogen and oxygen atoms in total. The number of halogens is 2. The Morgan fingerprint density at radius 2 is 1.90 bits per heavy atom. The summed E-state index contributed by atoms with van der Waals surface area (Å²) >= 11 is 12.3. The van der Waals surface area contributed by atoms with Crippen LogP contribution in [0, 0.1) is 17.0 Å². The molecule has 0 radical (unpaired) electrons. The molecule has 1 aromatic heterocycles. The van der Waals surface area contributed by atoms with Crippen LogP contribution in [0.2, 0.25) is 10.0 Å². The van der Waals surface area contributed by atoms with Crippen LogP contribution < -0.4 is 9.47 Å². The lowest BCUT2D eigenvalue weighted by Crippen LogP contribution is -2.01. The summed E-state index contributed by atoms with van der Waals surface area (Å²) in [5.74, 6) is 0.920. The Labute approximate surface area is 182 Å². The Bertz CT molecular complexity index is 1080. The molecule has 0 unspecified atom stereocenters. The first kappa shape index (κ1) is 21.7. The van der Waals surface area contributed by atoms with Crippen LogP contribution in [0.25, 0.3) is 12.2 Å².